The molecule has 0 bridgehead atoms. The fourth-order valence-electron chi connectivity index (χ4n) is 2.82. The van der Waals surface area contributed by atoms with Gasteiger partial charge in [0.2, 0.25) is 0 Å². The summed E-state index contributed by atoms with van der Waals surface area (Å²) >= 11 is 0. The minimum atomic E-state index is -3.63. The van der Waals surface area contributed by atoms with Crippen LogP contribution in [0.2, 0.25) is 0 Å². The van der Waals surface area contributed by atoms with Crippen LogP contribution in [0.3, 0.4) is 0 Å². The van der Waals surface area contributed by atoms with E-state index in [-0.39, 0.29) is 16.5 Å². The van der Waals surface area contributed by atoms with Gasteiger partial charge in [0.1, 0.15) is 11.4 Å². The Morgan fingerprint density at radius 2 is 1.43 bits per heavy atom. The number of benzene rings is 2. The lowest BCUT2D eigenvalue weighted by Crippen LogP contribution is -2.21. The van der Waals surface area contributed by atoms with Crippen molar-refractivity contribution in [1.29, 1.82) is 0 Å². The summed E-state index contributed by atoms with van der Waals surface area (Å²) in [6.07, 6.45) is 5.40. The second-order valence-corrected chi connectivity index (χ2v) is 10.8. The molecule has 198 valence electrons. The summed E-state index contributed by atoms with van der Waals surface area (Å²) in [5.41, 5.74) is 2.32. The molecule has 0 saturated carbocycles. The predicted molar refractivity (Wildman–Crippen MR) is 146 cm³/mol. The number of aryl methyl sites for hydroxylation is 2. The lowest BCUT2D eigenvalue weighted by atomic mass is 10.1. The van der Waals surface area contributed by atoms with Crippen LogP contribution in [0.5, 0.6) is 5.75 Å². The van der Waals surface area contributed by atoms with Gasteiger partial charge in [-0.2, -0.15) is 0 Å². The standard InChI is InChI=1S/C18H23NO3S.C6H12O2.C4H10/c1-4-6-15-9-12-18(22-3)17(13-15)19-23(20,21)16-10-7-14(5-2)8-11-16;1-5(7)8-6(2,3)4;1-3-4-2/h7-13,19H,4-6H2,1-3H3;1-4H3;3-4H2,1-2H3. The number of ether oxygens (including phenoxy) is 2. The number of anilines is 1. The van der Waals surface area contributed by atoms with E-state index in [1.165, 1.54) is 26.9 Å². The van der Waals surface area contributed by atoms with Crippen molar-refractivity contribution in [3.05, 3.63) is 53.6 Å². The minimum absolute atomic E-state index is 0.225. The number of rotatable bonds is 8. The van der Waals surface area contributed by atoms with E-state index >= 15 is 0 Å². The molecule has 2 aromatic rings. The van der Waals surface area contributed by atoms with Gasteiger partial charge in [0.05, 0.1) is 17.7 Å². The van der Waals surface area contributed by atoms with Gasteiger partial charge < -0.3 is 9.47 Å². The average Bonchev–Trinajstić information content (AvgIpc) is 2.78. The first-order valence-electron chi connectivity index (χ1n) is 12.3. The van der Waals surface area contributed by atoms with Crippen molar-refractivity contribution in [3.63, 3.8) is 0 Å². The van der Waals surface area contributed by atoms with Gasteiger partial charge in [-0.1, -0.05) is 65.2 Å². The van der Waals surface area contributed by atoms with Crippen LogP contribution < -0.4 is 9.46 Å². The molecule has 0 heterocycles. The molecule has 0 aliphatic heterocycles. The molecule has 1 N–H and O–H groups in total. The van der Waals surface area contributed by atoms with Crippen LogP contribution in [0.1, 0.15) is 85.8 Å². The predicted octanol–water partition coefficient (Wildman–Crippen LogP) is 7.17. The number of carbonyl (C=O) groups excluding carboxylic acids is 1. The van der Waals surface area contributed by atoms with E-state index in [0.29, 0.717) is 11.4 Å². The van der Waals surface area contributed by atoms with E-state index in [0.717, 1.165) is 30.4 Å². The molecule has 7 heteroatoms. The highest BCUT2D eigenvalue weighted by Gasteiger charge is 2.17. The first kappa shape index (κ1) is 32.5. The van der Waals surface area contributed by atoms with Crippen LogP contribution in [0.25, 0.3) is 0 Å². The zero-order valence-corrected chi connectivity index (χ0v) is 23.8. The normalized spacial score (nSPS) is 10.8. The van der Waals surface area contributed by atoms with Gasteiger partial charge in [0.15, 0.2) is 0 Å². The van der Waals surface area contributed by atoms with Crippen molar-refractivity contribution in [2.24, 2.45) is 0 Å². The SMILES string of the molecule is CC(=O)OC(C)(C)C.CCCC.CCCc1ccc(OC)c(NS(=O)(=O)c2ccc(CC)cc2)c1. The lowest BCUT2D eigenvalue weighted by molar-refractivity contribution is -0.151. The molecule has 0 aliphatic rings. The Balaban J connectivity index is 0.000000801. The van der Waals surface area contributed by atoms with Crippen LogP contribution in [-0.4, -0.2) is 27.1 Å². The van der Waals surface area contributed by atoms with Gasteiger partial charge >= 0.3 is 5.97 Å². The quantitative estimate of drug-likeness (QED) is 0.383. The molecule has 0 amide bonds. The summed E-state index contributed by atoms with van der Waals surface area (Å²) < 4.78 is 37.8. The number of carbonyl (C=O) groups is 1. The molecule has 0 atom stereocenters. The number of methoxy groups -OCH3 is 1. The maximum absolute atomic E-state index is 12.6. The van der Waals surface area contributed by atoms with E-state index in [1.54, 1.807) is 18.2 Å². The van der Waals surface area contributed by atoms with Crippen LogP contribution in [0.4, 0.5) is 5.69 Å². The first-order chi connectivity index (χ1) is 16.3. The molecule has 6 nitrogen and oxygen atoms in total. The van der Waals surface area contributed by atoms with Crippen LogP contribution in [-0.2, 0) is 32.4 Å². The van der Waals surface area contributed by atoms with Crippen LogP contribution in [0, 0.1) is 0 Å². The Hall–Kier alpha value is -2.54. The number of esters is 1. The van der Waals surface area contributed by atoms with Crippen molar-refractivity contribution >= 4 is 21.7 Å². The van der Waals surface area contributed by atoms with Gasteiger partial charge in [0, 0.05) is 6.92 Å². The summed E-state index contributed by atoms with van der Waals surface area (Å²) in [5, 5.41) is 0. The van der Waals surface area contributed by atoms with Crippen LogP contribution >= 0.6 is 0 Å². The first-order valence-corrected chi connectivity index (χ1v) is 13.8. The van der Waals surface area contributed by atoms with Crippen molar-refractivity contribution in [1.82, 2.24) is 0 Å². The molecule has 0 radical (unpaired) electrons. The highest BCUT2D eigenvalue weighted by atomic mass is 32.2. The van der Waals surface area contributed by atoms with Crippen molar-refractivity contribution < 1.29 is 22.7 Å². The maximum atomic E-state index is 12.6. The van der Waals surface area contributed by atoms with Crippen molar-refractivity contribution in [2.75, 3.05) is 11.8 Å². The number of nitrogens with one attached hydrogen (secondary N) is 1. The third-order valence-electron chi connectivity index (χ3n) is 4.64. The third kappa shape index (κ3) is 13.8. The molecule has 2 aromatic carbocycles. The second kappa shape index (κ2) is 16.2. The van der Waals surface area contributed by atoms with E-state index in [2.05, 4.69) is 25.5 Å². The lowest BCUT2D eigenvalue weighted by Gasteiger charge is -2.17. The Morgan fingerprint density at radius 1 is 0.886 bits per heavy atom. The summed E-state index contributed by atoms with van der Waals surface area (Å²) in [4.78, 5) is 10.5. The maximum Gasteiger partial charge on any atom is 0.303 e. The van der Waals surface area contributed by atoms with Gasteiger partial charge in [-0.25, -0.2) is 8.42 Å². The molecular weight excluding hydrogens is 462 g/mol. The number of unbranched alkanes of at least 4 members (excludes halogenated alkanes) is 1. The van der Waals surface area contributed by atoms with Gasteiger partial charge in [0.25, 0.3) is 10.0 Å². The van der Waals surface area contributed by atoms with E-state index < -0.39 is 10.0 Å². The highest BCUT2D eigenvalue weighted by Crippen LogP contribution is 2.28. The van der Waals surface area contributed by atoms with Crippen molar-refractivity contribution in [3.8, 4) is 5.75 Å². The highest BCUT2D eigenvalue weighted by molar-refractivity contribution is 7.92. The average molecular weight is 508 g/mol. The van der Waals surface area contributed by atoms with Crippen LogP contribution in [0.15, 0.2) is 47.4 Å². The summed E-state index contributed by atoms with van der Waals surface area (Å²) in [5.74, 6) is 0.288. The minimum Gasteiger partial charge on any atom is -0.495 e. The Morgan fingerprint density at radius 3 is 1.80 bits per heavy atom. The fraction of sp³-hybridized carbons (Fsp3) is 0.536. The number of sulfonamides is 1. The Kier molecular flexibility index (Phi) is 15.0. The molecule has 0 spiro atoms. The number of hydrogen-bond donors (Lipinski definition) is 1. The molecule has 0 fully saturated rings. The summed E-state index contributed by atoms with van der Waals surface area (Å²) in [7, 11) is -2.10. The second-order valence-electron chi connectivity index (χ2n) is 9.09. The molecule has 0 saturated heterocycles. The third-order valence-corrected chi connectivity index (χ3v) is 6.02. The molecular formula is C28H45NO5S. The fourth-order valence-corrected chi connectivity index (χ4v) is 3.88. The number of hydrogen-bond acceptors (Lipinski definition) is 5. The van der Waals surface area contributed by atoms with Gasteiger partial charge in [-0.05, 0) is 69.0 Å². The van der Waals surface area contributed by atoms with E-state index in [9.17, 15) is 13.2 Å². The van der Waals surface area contributed by atoms with Crippen molar-refractivity contribution in [2.45, 2.75) is 98.0 Å². The zero-order chi connectivity index (χ0) is 27.1. The Bertz CT molecular complexity index is 975. The molecule has 0 unspecified atom stereocenters. The zero-order valence-electron chi connectivity index (χ0n) is 23.0. The monoisotopic (exact) mass is 507 g/mol. The smallest absolute Gasteiger partial charge is 0.303 e. The molecule has 35 heavy (non-hydrogen) atoms. The largest absolute Gasteiger partial charge is 0.495 e. The Labute approximate surface area is 213 Å². The van der Waals surface area contributed by atoms with Gasteiger partial charge in [-0.3, -0.25) is 9.52 Å². The molecule has 0 aromatic heterocycles. The van der Waals surface area contributed by atoms with E-state index in [4.69, 9.17) is 9.47 Å². The summed E-state index contributed by atoms with van der Waals surface area (Å²) in [6, 6.07) is 12.5. The molecule has 0 aliphatic carbocycles. The topological polar surface area (TPSA) is 81.7 Å². The molecule has 2 rings (SSSR count). The van der Waals surface area contributed by atoms with Gasteiger partial charge in [-0.15, -0.1) is 0 Å². The summed E-state index contributed by atoms with van der Waals surface area (Å²) in [6.45, 7) is 15.4. The van der Waals surface area contributed by atoms with E-state index in [1.807, 2.05) is 52.0 Å².